The minimum absolute atomic E-state index is 0.0527. The Morgan fingerprint density at radius 2 is 1.63 bits per heavy atom. The van der Waals surface area contributed by atoms with E-state index in [2.05, 4.69) is 33.1 Å². The van der Waals surface area contributed by atoms with Crippen molar-refractivity contribution in [2.75, 3.05) is 0 Å². The fourth-order valence-corrected chi connectivity index (χ4v) is 4.15. The first-order valence-corrected chi connectivity index (χ1v) is 11.5. The number of carbonyl (C=O) groups excluding carboxylic acids is 2. The summed E-state index contributed by atoms with van der Waals surface area (Å²) in [5, 5.41) is 8.27. The minimum Gasteiger partial charge on any atom is -0.345 e. The molecular formula is C29H28N4O2. The third-order valence-corrected chi connectivity index (χ3v) is 5.91. The first-order chi connectivity index (χ1) is 17.1. The summed E-state index contributed by atoms with van der Waals surface area (Å²) in [5.41, 5.74) is 7.09. The summed E-state index contributed by atoms with van der Waals surface area (Å²) in [6, 6.07) is 26.0. The first kappa shape index (κ1) is 23.7. The van der Waals surface area contributed by atoms with Crippen molar-refractivity contribution in [3.8, 4) is 0 Å². The summed E-state index contributed by atoms with van der Waals surface area (Å²) in [6.45, 7) is 6.56. The van der Waals surface area contributed by atoms with Crippen molar-refractivity contribution in [1.29, 1.82) is 0 Å². The van der Waals surface area contributed by atoms with Gasteiger partial charge in [0.1, 0.15) is 0 Å². The fourth-order valence-electron chi connectivity index (χ4n) is 4.15. The van der Waals surface area contributed by atoms with Gasteiger partial charge in [-0.1, -0.05) is 72.8 Å². The van der Waals surface area contributed by atoms with Crippen molar-refractivity contribution in [2.45, 2.75) is 25.9 Å². The Balaban J connectivity index is 1.49. The van der Waals surface area contributed by atoms with Crippen molar-refractivity contribution >= 4 is 28.9 Å². The lowest BCUT2D eigenvalue weighted by molar-refractivity contribution is -0.121. The van der Waals surface area contributed by atoms with Gasteiger partial charge >= 0.3 is 0 Å². The minimum atomic E-state index is -0.490. The van der Waals surface area contributed by atoms with Gasteiger partial charge in [-0.05, 0) is 30.7 Å². The Labute approximate surface area is 205 Å². The highest BCUT2D eigenvalue weighted by Crippen LogP contribution is 2.24. The molecule has 0 spiro atoms. The average Bonchev–Trinajstić information content (AvgIpc) is 3.15. The summed E-state index contributed by atoms with van der Waals surface area (Å²) >= 11 is 0. The molecule has 35 heavy (non-hydrogen) atoms. The van der Waals surface area contributed by atoms with Crippen molar-refractivity contribution < 1.29 is 9.59 Å². The lowest BCUT2D eigenvalue weighted by Gasteiger charge is -2.18. The van der Waals surface area contributed by atoms with Crippen LogP contribution < -0.4 is 10.7 Å². The van der Waals surface area contributed by atoms with Crippen LogP contribution in [0.15, 0.2) is 103 Å². The molecular weight excluding hydrogens is 436 g/mol. The number of para-hydroxylation sites is 1. The monoisotopic (exact) mass is 464 g/mol. The maximum absolute atomic E-state index is 12.8. The lowest BCUT2D eigenvalue weighted by atomic mass is 10.0. The molecule has 0 aliphatic heterocycles. The van der Waals surface area contributed by atoms with E-state index < -0.39 is 6.04 Å². The van der Waals surface area contributed by atoms with Crippen molar-refractivity contribution in [1.82, 2.24) is 15.3 Å². The second-order valence-electron chi connectivity index (χ2n) is 8.22. The van der Waals surface area contributed by atoms with Crippen LogP contribution in [0.5, 0.6) is 0 Å². The average molecular weight is 465 g/mol. The van der Waals surface area contributed by atoms with E-state index in [9.17, 15) is 9.59 Å². The van der Waals surface area contributed by atoms with Gasteiger partial charge in [-0.25, -0.2) is 5.43 Å². The highest BCUT2D eigenvalue weighted by molar-refractivity contribution is 6.01. The Hall–Kier alpha value is -4.45. The molecule has 2 N–H and O–H groups in total. The predicted octanol–water partition coefficient (Wildman–Crippen LogP) is 5.15. The second kappa shape index (κ2) is 11.1. The molecule has 1 heterocycles. The van der Waals surface area contributed by atoms with Gasteiger partial charge in [0.05, 0.1) is 18.7 Å². The summed E-state index contributed by atoms with van der Waals surface area (Å²) in [6.07, 6.45) is 3.59. The molecule has 176 valence electrons. The molecule has 6 heteroatoms. The highest BCUT2D eigenvalue weighted by Gasteiger charge is 2.19. The van der Waals surface area contributed by atoms with Gasteiger partial charge in [0.2, 0.25) is 5.91 Å². The number of amides is 2. The molecule has 0 radical (unpaired) electrons. The van der Waals surface area contributed by atoms with E-state index in [1.54, 1.807) is 18.3 Å². The number of fused-ring (bicyclic) bond motifs is 1. The number of aromatic nitrogens is 1. The van der Waals surface area contributed by atoms with Gasteiger partial charge in [0.15, 0.2) is 0 Å². The van der Waals surface area contributed by atoms with Crippen molar-refractivity contribution in [3.63, 3.8) is 0 Å². The second-order valence-corrected chi connectivity index (χ2v) is 8.22. The Morgan fingerprint density at radius 3 is 2.34 bits per heavy atom. The standard InChI is InChI=1S/C29H28N4O2/c1-3-18-33-21(2)25(24-16-10-11-17-27(24)33)20-30-32-28(34)19-26(22-12-6-4-7-13-22)31-29(35)23-14-8-5-9-15-23/h3-17,20,26H,1,18-19H2,2H3,(H,31,35)(H,32,34)/b30-20-/t26-/m1/s1. The van der Waals surface area contributed by atoms with E-state index in [1.807, 2.05) is 79.7 Å². The molecule has 2 amide bonds. The molecule has 6 nitrogen and oxygen atoms in total. The number of carbonyl (C=O) groups is 2. The topological polar surface area (TPSA) is 75.5 Å². The number of nitrogens with one attached hydrogen (secondary N) is 2. The van der Waals surface area contributed by atoms with Gasteiger partial charge in [-0.15, -0.1) is 6.58 Å². The zero-order valence-corrected chi connectivity index (χ0v) is 19.6. The maximum Gasteiger partial charge on any atom is 0.251 e. The van der Waals surface area contributed by atoms with E-state index in [4.69, 9.17) is 0 Å². The van der Waals surface area contributed by atoms with Crippen LogP contribution in [0.25, 0.3) is 10.9 Å². The number of allylic oxidation sites excluding steroid dienone is 1. The van der Waals surface area contributed by atoms with Gasteiger partial charge < -0.3 is 9.88 Å². The van der Waals surface area contributed by atoms with E-state index in [1.165, 1.54) is 0 Å². The van der Waals surface area contributed by atoms with Crippen molar-refractivity contribution in [3.05, 3.63) is 120 Å². The van der Waals surface area contributed by atoms with Crippen LogP contribution in [0.2, 0.25) is 0 Å². The van der Waals surface area contributed by atoms with Gasteiger partial charge in [-0.2, -0.15) is 5.10 Å². The molecule has 0 saturated heterocycles. The molecule has 4 rings (SSSR count). The Morgan fingerprint density at radius 1 is 0.971 bits per heavy atom. The molecule has 3 aromatic carbocycles. The van der Waals surface area contributed by atoms with Crippen LogP contribution in [-0.2, 0) is 11.3 Å². The first-order valence-electron chi connectivity index (χ1n) is 11.5. The van der Waals surface area contributed by atoms with Crippen LogP contribution in [-0.4, -0.2) is 22.6 Å². The molecule has 1 atom stereocenters. The largest absolute Gasteiger partial charge is 0.345 e. The molecule has 4 aromatic rings. The summed E-state index contributed by atoms with van der Waals surface area (Å²) in [4.78, 5) is 25.5. The van der Waals surface area contributed by atoms with Crippen LogP contribution in [0.4, 0.5) is 0 Å². The fraction of sp³-hybridized carbons (Fsp3) is 0.138. The van der Waals surface area contributed by atoms with E-state index >= 15 is 0 Å². The summed E-state index contributed by atoms with van der Waals surface area (Å²) in [5.74, 6) is -0.530. The zero-order valence-electron chi connectivity index (χ0n) is 19.6. The molecule has 0 unspecified atom stereocenters. The SMILES string of the molecule is C=CCn1c(C)c(/C=N\NC(=O)C[C@@H](NC(=O)c2ccccc2)c2ccccc2)c2ccccc21. The third kappa shape index (κ3) is 5.55. The molecule has 0 aliphatic carbocycles. The Kier molecular flexibility index (Phi) is 7.53. The lowest BCUT2D eigenvalue weighted by Crippen LogP contribution is -2.32. The number of rotatable bonds is 9. The Bertz CT molecular complexity index is 1360. The number of hydrogen-bond acceptors (Lipinski definition) is 3. The number of benzene rings is 3. The molecule has 0 bridgehead atoms. The molecule has 0 aliphatic rings. The third-order valence-electron chi connectivity index (χ3n) is 5.91. The van der Waals surface area contributed by atoms with Gasteiger partial charge in [0.25, 0.3) is 5.91 Å². The van der Waals surface area contributed by atoms with E-state index in [-0.39, 0.29) is 18.2 Å². The van der Waals surface area contributed by atoms with Gasteiger partial charge in [0, 0.05) is 34.3 Å². The van der Waals surface area contributed by atoms with E-state index in [0.29, 0.717) is 12.1 Å². The highest BCUT2D eigenvalue weighted by atomic mass is 16.2. The van der Waals surface area contributed by atoms with Crippen molar-refractivity contribution in [2.24, 2.45) is 5.10 Å². The predicted molar refractivity (Wildman–Crippen MR) is 140 cm³/mol. The van der Waals surface area contributed by atoms with Gasteiger partial charge in [-0.3, -0.25) is 9.59 Å². The molecule has 0 fully saturated rings. The van der Waals surface area contributed by atoms with Crippen LogP contribution >= 0.6 is 0 Å². The summed E-state index contributed by atoms with van der Waals surface area (Å²) < 4.78 is 2.16. The smallest absolute Gasteiger partial charge is 0.251 e. The van der Waals surface area contributed by atoms with E-state index in [0.717, 1.165) is 27.7 Å². The molecule has 1 aromatic heterocycles. The van der Waals surface area contributed by atoms with Crippen LogP contribution in [0.3, 0.4) is 0 Å². The number of hydrazone groups is 1. The quantitative estimate of drug-likeness (QED) is 0.204. The van der Waals surface area contributed by atoms with Crippen LogP contribution in [0, 0.1) is 6.92 Å². The maximum atomic E-state index is 12.8. The number of nitrogens with zero attached hydrogens (tertiary/aromatic N) is 2. The molecule has 0 saturated carbocycles. The van der Waals surface area contributed by atoms with Crippen LogP contribution in [0.1, 0.15) is 39.6 Å². The normalized spacial score (nSPS) is 11.9. The zero-order chi connectivity index (χ0) is 24.6. The number of hydrogen-bond donors (Lipinski definition) is 2. The summed E-state index contributed by atoms with van der Waals surface area (Å²) in [7, 11) is 0.